The summed E-state index contributed by atoms with van der Waals surface area (Å²) in [4.78, 5) is 111. The summed E-state index contributed by atoms with van der Waals surface area (Å²) in [6, 6.07) is -10.2. The maximum absolute atomic E-state index is 14.2. The van der Waals surface area contributed by atoms with Crippen molar-refractivity contribution in [2.45, 2.75) is 193 Å². The number of carbonyl (C=O) groups is 8. The van der Waals surface area contributed by atoms with Crippen molar-refractivity contribution in [3.05, 3.63) is 0 Å². The number of aliphatic hydroxyl groups is 3. The summed E-state index contributed by atoms with van der Waals surface area (Å²) < 4.78 is 0. The van der Waals surface area contributed by atoms with Gasteiger partial charge >= 0.3 is 0 Å². The molecule has 8 amide bonds. The second-order valence-corrected chi connectivity index (χ2v) is 20.1. The number of hydrogen-bond donors (Lipinski definition) is 15. The van der Waals surface area contributed by atoms with Crippen LogP contribution in [-0.4, -0.2) is 156 Å². The van der Waals surface area contributed by atoms with Gasteiger partial charge in [-0.2, -0.15) is 0 Å². The van der Waals surface area contributed by atoms with Gasteiger partial charge in [0.2, 0.25) is 47.3 Å². The van der Waals surface area contributed by atoms with Crippen LogP contribution >= 0.6 is 0 Å². The SMILES string of the molecule is CC(C)CCCC[C@@H](O)CC(=O)N[C@H](CO)C(=O)N[C@H]1CCNC(O)[C@H](CC(C)C)NC(=O)[C@H](CCN)NC(=O)[C@H](CCN)NC(=O)[C@H](CC(C)C)NC(=O)[C@@H](CC(C)C)NC(=O)[C@H](CCN)NC1=O. The summed E-state index contributed by atoms with van der Waals surface area (Å²) in [6.07, 6.45) is 0.133. The van der Waals surface area contributed by atoms with Crippen LogP contribution in [0.2, 0.25) is 0 Å². The van der Waals surface area contributed by atoms with Gasteiger partial charge < -0.3 is 75.1 Å². The van der Waals surface area contributed by atoms with Gasteiger partial charge in [0.05, 0.1) is 25.2 Å². The van der Waals surface area contributed by atoms with E-state index in [9.17, 15) is 53.7 Å². The Kier molecular flexibility index (Phi) is 30.8. The highest BCUT2D eigenvalue weighted by Crippen LogP contribution is 2.14. The van der Waals surface area contributed by atoms with E-state index in [0.717, 1.165) is 12.8 Å². The molecule has 404 valence electrons. The van der Waals surface area contributed by atoms with Gasteiger partial charge in [-0.25, -0.2) is 0 Å². The van der Waals surface area contributed by atoms with Gasteiger partial charge in [0, 0.05) is 6.54 Å². The molecule has 1 aliphatic rings. The topological polar surface area (TPSA) is 384 Å². The molecule has 0 aromatic heterocycles. The zero-order valence-electron chi connectivity index (χ0n) is 42.9. The van der Waals surface area contributed by atoms with E-state index in [1.54, 1.807) is 0 Å². The minimum absolute atomic E-state index is 0.0241. The monoisotopic (exact) mass is 999 g/mol. The van der Waals surface area contributed by atoms with E-state index in [1.807, 2.05) is 41.5 Å². The summed E-state index contributed by atoms with van der Waals surface area (Å²) in [5.74, 6) is -6.13. The molecule has 1 fully saturated rings. The normalized spacial score (nSPS) is 25.1. The van der Waals surface area contributed by atoms with E-state index in [1.165, 1.54) is 0 Å². The second-order valence-electron chi connectivity index (χ2n) is 20.1. The number of rotatable bonds is 23. The Labute approximate surface area is 414 Å². The number of hydrogen-bond acceptors (Lipinski definition) is 15. The fourth-order valence-electron chi connectivity index (χ4n) is 7.89. The Hall–Kier alpha value is -4.52. The van der Waals surface area contributed by atoms with E-state index < -0.39 is 115 Å². The molecule has 23 heteroatoms. The van der Waals surface area contributed by atoms with Gasteiger partial charge in [0.25, 0.3) is 0 Å². The van der Waals surface area contributed by atoms with Crippen molar-refractivity contribution >= 4 is 47.3 Å². The van der Waals surface area contributed by atoms with Gasteiger partial charge in [-0.15, -0.1) is 0 Å². The first-order valence-corrected chi connectivity index (χ1v) is 25.2. The van der Waals surface area contributed by atoms with Crippen LogP contribution < -0.4 is 65.1 Å². The van der Waals surface area contributed by atoms with Crippen LogP contribution in [0.1, 0.15) is 132 Å². The Morgan fingerprint density at radius 3 is 1.44 bits per heavy atom. The maximum atomic E-state index is 14.2. The molecule has 1 saturated heterocycles. The second kappa shape index (κ2) is 34.0. The van der Waals surface area contributed by atoms with Gasteiger partial charge in [0.15, 0.2) is 0 Å². The standard InChI is InChI=1S/C47H90N12O11/c1-26(2)11-9-10-12-30(61)24-39(62)52-38(25-60)47(70)56-34-16-20-51-40(63)35(21-27(3)4)57-42(65)32(14-18-49)53-41(64)31(13-17-48)55-45(68)36(22-28(5)6)59-46(69)37(23-29(7)8)58-43(66)33(15-19-50)54-44(34)67/h26-38,40,51,60-61,63H,9-25,48-50H2,1-8H3,(H,52,62)(H,53,64)(H,54,67)(H,55,68)(H,56,70)(H,57,65)(H,58,66)(H,59,69)/t30-,31+,32+,33+,34+,35+,36+,37-,38-,40?/m1/s1. The first-order chi connectivity index (χ1) is 33.0. The largest absolute Gasteiger partial charge is 0.394 e. The number of aliphatic hydroxyl groups excluding tert-OH is 3. The Bertz CT molecular complexity index is 1640. The van der Waals surface area contributed by atoms with Crippen molar-refractivity contribution in [1.29, 1.82) is 0 Å². The fraction of sp³-hybridized carbons (Fsp3) is 0.830. The lowest BCUT2D eigenvalue weighted by Crippen LogP contribution is -2.61. The molecule has 70 heavy (non-hydrogen) atoms. The molecular weight excluding hydrogens is 909 g/mol. The molecule has 1 rings (SSSR count). The first-order valence-electron chi connectivity index (χ1n) is 25.2. The molecule has 0 aromatic rings. The molecule has 0 saturated carbocycles. The average molecular weight is 999 g/mol. The van der Waals surface area contributed by atoms with E-state index in [-0.39, 0.29) is 95.3 Å². The van der Waals surface area contributed by atoms with Crippen LogP contribution in [-0.2, 0) is 38.4 Å². The molecule has 0 bridgehead atoms. The van der Waals surface area contributed by atoms with Crippen LogP contribution in [0.4, 0.5) is 0 Å². The van der Waals surface area contributed by atoms with E-state index in [0.29, 0.717) is 18.8 Å². The summed E-state index contributed by atoms with van der Waals surface area (Å²) >= 11 is 0. The number of nitrogens with one attached hydrogen (secondary N) is 9. The van der Waals surface area contributed by atoms with Crippen LogP contribution in [0, 0.1) is 23.7 Å². The molecule has 0 aromatic carbocycles. The van der Waals surface area contributed by atoms with Gasteiger partial charge in [-0.1, -0.05) is 74.7 Å². The van der Waals surface area contributed by atoms with Gasteiger partial charge in [-0.05, 0) is 94.7 Å². The molecule has 0 spiro atoms. The highest BCUT2D eigenvalue weighted by atomic mass is 16.3. The summed E-state index contributed by atoms with van der Waals surface area (Å²) in [6.45, 7) is 14.0. The molecule has 1 aliphatic heterocycles. The fourth-order valence-corrected chi connectivity index (χ4v) is 7.89. The molecule has 0 radical (unpaired) electrons. The predicted octanol–water partition coefficient (Wildman–Crippen LogP) is -2.68. The van der Waals surface area contributed by atoms with Crippen molar-refractivity contribution in [2.75, 3.05) is 32.8 Å². The zero-order chi connectivity index (χ0) is 53.1. The third-order valence-corrected chi connectivity index (χ3v) is 11.6. The number of carbonyl (C=O) groups excluding carboxylic acids is 8. The Morgan fingerprint density at radius 2 is 1.01 bits per heavy atom. The predicted molar refractivity (Wildman–Crippen MR) is 264 cm³/mol. The van der Waals surface area contributed by atoms with E-state index in [2.05, 4.69) is 61.7 Å². The summed E-state index contributed by atoms with van der Waals surface area (Å²) in [7, 11) is 0. The zero-order valence-corrected chi connectivity index (χ0v) is 42.9. The third kappa shape index (κ3) is 25.0. The third-order valence-electron chi connectivity index (χ3n) is 11.6. The van der Waals surface area contributed by atoms with Crippen LogP contribution in [0.15, 0.2) is 0 Å². The first kappa shape index (κ1) is 63.5. The highest BCUT2D eigenvalue weighted by Gasteiger charge is 2.35. The van der Waals surface area contributed by atoms with Crippen molar-refractivity contribution < 1.29 is 53.7 Å². The molecule has 1 unspecified atom stereocenters. The highest BCUT2D eigenvalue weighted by molar-refractivity contribution is 5.97. The van der Waals surface area contributed by atoms with Crippen molar-refractivity contribution in [3.63, 3.8) is 0 Å². The lowest BCUT2D eigenvalue weighted by atomic mass is 9.99. The van der Waals surface area contributed by atoms with Gasteiger partial charge in [-0.3, -0.25) is 43.7 Å². The lowest BCUT2D eigenvalue weighted by Gasteiger charge is -2.30. The minimum Gasteiger partial charge on any atom is -0.394 e. The smallest absolute Gasteiger partial charge is 0.245 e. The van der Waals surface area contributed by atoms with Crippen molar-refractivity contribution in [2.24, 2.45) is 40.9 Å². The van der Waals surface area contributed by atoms with Crippen LogP contribution in [0.3, 0.4) is 0 Å². The van der Waals surface area contributed by atoms with Crippen LogP contribution in [0.25, 0.3) is 0 Å². The quantitative estimate of drug-likeness (QED) is 0.0464. The van der Waals surface area contributed by atoms with Crippen molar-refractivity contribution in [3.8, 4) is 0 Å². The molecular formula is C47H90N12O11. The van der Waals surface area contributed by atoms with Gasteiger partial charge in [0.1, 0.15) is 48.5 Å². The van der Waals surface area contributed by atoms with Crippen molar-refractivity contribution in [1.82, 2.24) is 47.9 Å². The lowest BCUT2D eigenvalue weighted by molar-refractivity contribution is -0.136. The van der Waals surface area contributed by atoms with Crippen LogP contribution in [0.5, 0.6) is 0 Å². The number of nitrogens with two attached hydrogens (primary N) is 3. The summed E-state index contributed by atoms with van der Waals surface area (Å²) in [5, 5.41) is 56.1. The summed E-state index contributed by atoms with van der Waals surface area (Å²) in [5.41, 5.74) is 17.6. The minimum atomic E-state index is -1.55. The van der Waals surface area contributed by atoms with E-state index in [4.69, 9.17) is 17.2 Å². The molecule has 18 N–H and O–H groups in total. The van der Waals surface area contributed by atoms with E-state index >= 15 is 0 Å². The number of amides is 8. The molecule has 1 heterocycles. The average Bonchev–Trinajstić information content (AvgIpc) is 3.26. The number of unbranched alkanes of at least 4 members (excludes halogenated alkanes) is 1. The maximum Gasteiger partial charge on any atom is 0.245 e. The molecule has 0 aliphatic carbocycles. The molecule has 10 atom stereocenters. The Balaban J connectivity index is 3.77. The molecule has 23 nitrogen and oxygen atoms in total. The Morgan fingerprint density at radius 1 is 0.600 bits per heavy atom.